The lowest BCUT2D eigenvalue weighted by atomic mass is 10.1. The Balaban J connectivity index is 2.57. The van der Waals surface area contributed by atoms with Gasteiger partial charge < -0.3 is 10.5 Å². The van der Waals surface area contributed by atoms with E-state index in [1.54, 1.807) is 19.1 Å². The molecule has 1 atom stereocenters. The van der Waals surface area contributed by atoms with Crippen molar-refractivity contribution in [2.45, 2.75) is 17.4 Å². The maximum absolute atomic E-state index is 12.6. The largest absolute Gasteiger partial charge is 0.468 e. The van der Waals surface area contributed by atoms with Crippen LogP contribution < -0.4 is 5.73 Å². The van der Waals surface area contributed by atoms with Gasteiger partial charge in [0.1, 0.15) is 11.4 Å². The van der Waals surface area contributed by atoms with Crippen LogP contribution in [-0.4, -0.2) is 24.4 Å². The summed E-state index contributed by atoms with van der Waals surface area (Å²) >= 11 is 1.39. The third-order valence-corrected chi connectivity index (χ3v) is 3.35. The topological polar surface area (TPSA) is 52.3 Å². The highest BCUT2D eigenvalue weighted by Crippen LogP contribution is 2.22. The zero-order valence-electron chi connectivity index (χ0n) is 9.20. The van der Waals surface area contributed by atoms with Crippen LogP contribution in [0.2, 0.25) is 0 Å². The van der Waals surface area contributed by atoms with Crippen molar-refractivity contribution < 1.29 is 13.9 Å². The van der Waals surface area contributed by atoms with E-state index in [0.29, 0.717) is 5.75 Å². The van der Waals surface area contributed by atoms with Crippen LogP contribution in [0.4, 0.5) is 4.39 Å². The van der Waals surface area contributed by atoms with E-state index in [2.05, 4.69) is 4.74 Å². The van der Waals surface area contributed by atoms with Crippen molar-refractivity contribution in [1.29, 1.82) is 0 Å². The number of halogens is 1. The van der Waals surface area contributed by atoms with Gasteiger partial charge in [0.05, 0.1) is 7.11 Å². The van der Waals surface area contributed by atoms with Gasteiger partial charge in [-0.3, -0.25) is 4.79 Å². The minimum absolute atomic E-state index is 0.284. The fraction of sp³-hybridized carbons (Fsp3) is 0.364. The van der Waals surface area contributed by atoms with Crippen molar-refractivity contribution in [3.05, 3.63) is 30.1 Å². The van der Waals surface area contributed by atoms with Crippen molar-refractivity contribution in [1.82, 2.24) is 0 Å². The Morgan fingerprint density at radius 1 is 1.50 bits per heavy atom. The lowest BCUT2D eigenvalue weighted by Crippen LogP contribution is -2.48. The van der Waals surface area contributed by atoms with Crippen LogP contribution in [0.1, 0.15) is 6.92 Å². The Hall–Kier alpha value is -1.07. The molecule has 1 unspecified atom stereocenters. The van der Waals surface area contributed by atoms with Crippen molar-refractivity contribution >= 4 is 17.7 Å². The third-order valence-electron chi connectivity index (χ3n) is 2.00. The van der Waals surface area contributed by atoms with E-state index in [1.807, 2.05) is 0 Å². The number of hydrogen-bond acceptors (Lipinski definition) is 4. The molecule has 0 aliphatic rings. The summed E-state index contributed by atoms with van der Waals surface area (Å²) in [5.41, 5.74) is 4.75. The first-order valence-electron chi connectivity index (χ1n) is 4.71. The molecule has 0 radical (unpaired) electrons. The van der Waals surface area contributed by atoms with Crippen molar-refractivity contribution in [2.24, 2.45) is 5.73 Å². The van der Waals surface area contributed by atoms with Crippen LogP contribution in [0, 0.1) is 5.82 Å². The molecule has 88 valence electrons. The molecule has 0 bridgehead atoms. The summed E-state index contributed by atoms with van der Waals surface area (Å²) in [7, 11) is 1.30. The van der Waals surface area contributed by atoms with E-state index >= 15 is 0 Å². The number of rotatable bonds is 4. The fourth-order valence-electron chi connectivity index (χ4n) is 1.06. The van der Waals surface area contributed by atoms with Crippen molar-refractivity contribution in [3.63, 3.8) is 0 Å². The molecule has 1 rings (SSSR count). The average molecular weight is 243 g/mol. The van der Waals surface area contributed by atoms with E-state index in [1.165, 1.54) is 31.0 Å². The Labute approximate surface area is 98.2 Å². The summed E-state index contributed by atoms with van der Waals surface area (Å²) in [6.45, 7) is 1.61. The molecule has 16 heavy (non-hydrogen) atoms. The molecule has 0 saturated heterocycles. The first kappa shape index (κ1) is 13.0. The normalized spacial score (nSPS) is 14.2. The third kappa shape index (κ3) is 3.50. The summed E-state index contributed by atoms with van der Waals surface area (Å²) in [4.78, 5) is 12.2. The summed E-state index contributed by atoms with van der Waals surface area (Å²) in [6.07, 6.45) is 0. The molecule has 0 amide bonds. The number of benzene rings is 1. The lowest BCUT2D eigenvalue weighted by Gasteiger charge is -2.20. The molecule has 0 fully saturated rings. The minimum Gasteiger partial charge on any atom is -0.468 e. The van der Waals surface area contributed by atoms with Gasteiger partial charge in [-0.25, -0.2) is 4.39 Å². The number of thioether (sulfide) groups is 1. The van der Waals surface area contributed by atoms with E-state index in [-0.39, 0.29) is 5.82 Å². The van der Waals surface area contributed by atoms with Gasteiger partial charge in [0.25, 0.3) is 0 Å². The van der Waals surface area contributed by atoms with Crippen molar-refractivity contribution in [2.75, 3.05) is 12.9 Å². The molecule has 0 aliphatic carbocycles. The molecule has 2 N–H and O–H groups in total. The predicted octanol–water partition coefficient (Wildman–Crippen LogP) is 1.81. The first-order valence-corrected chi connectivity index (χ1v) is 5.70. The Kier molecular flexibility index (Phi) is 4.32. The average Bonchev–Trinajstić information content (AvgIpc) is 2.27. The summed E-state index contributed by atoms with van der Waals surface area (Å²) in [6, 6.07) is 6.03. The second-order valence-electron chi connectivity index (χ2n) is 3.65. The number of carbonyl (C=O) groups is 1. The van der Waals surface area contributed by atoms with Gasteiger partial charge in [-0.2, -0.15) is 0 Å². The molecular weight excluding hydrogens is 229 g/mol. The molecule has 1 aromatic rings. The SMILES string of the molecule is COC(=O)C(C)(N)CSc1ccc(F)cc1. The number of ether oxygens (including phenoxy) is 1. The highest BCUT2D eigenvalue weighted by molar-refractivity contribution is 7.99. The molecule has 0 heterocycles. The number of esters is 1. The second kappa shape index (κ2) is 5.32. The Morgan fingerprint density at radius 2 is 2.06 bits per heavy atom. The maximum atomic E-state index is 12.6. The fourth-order valence-corrected chi connectivity index (χ4v) is 1.97. The molecule has 0 aliphatic heterocycles. The monoisotopic (exact) mass is 243 g/mol. The van der Waals surface area contributed by atoms with Crippen LogP contribution in [0.15, 0.2) is 29.2 Å². The predicted molar refractivity (Wildman–Crippen MR) is 61.7 cm³/mol. The highest BCUT2D eigenvalue weighted by Gasteiger charge is 2.29. The van der Waals surface area contributed by atoms with E-state index in [0.717, 1.165) is 4.90 Å². The maximum Gasteiger partial charge on any atom is 0.326 e. The van der Waals surface area contributed by atoms with Gasteiger partial charge in [-0.1, -0.05) is 0 Å². The van der Waals surface area contributed by atoms with Crippen LogP contribution in [0.25, 0.3) is 0 Å². The smallest absolute Gasteiger partial charge is 0.326 e. The van der Waals surface area contributed by atoms with E-state index in [4.69, 9.17) is 5.73 Å². The van der Waals surface area contributed by atoms with Gasteiger partial charge in [0, 0.05) is 10.6 Å². The van der Waals surface area contributed by atoms with Crippen LogP contribution in [0.3, 0.4) is 0 Å². The minimum atomic E-state index is -1.03. The zero-order valence-corrected chi connectivity index (χ0v) is 10.0. The van der Waals surface area contributed by atoms with Crippen molar-refractivity contribution in [3.8, 4) is 0 Å². The second-order valence-corrected chi connectivity index (χ2v) is 4.70. The van der Waals surface area contributed by atoms with Crippen LogP contribution >= 0.6 is 11.8 Å². The summed E-state index contributed by atoms with van der Waals surface area (Å²) < 4.78 is 17.2. The van der Waals surface area contributed by atoms with E-state index < -0.39 is 11.5 Å². The molecule has 0 aromatic heterocycles. The van der Waals surface area contributed by atoms with Gasteiger partial charge in [0.2, 0.25) is 0 Å². The van der Waals surface area contributed by atoms with Gasteiger partial charge in [0.15, 0.2) is 0 Å². The molecule has 0 saturated carbocycles. The zero-order chi connectivity index (χ0) is 12.2. The van der Waals surface area contributed by atoms with E-state index in [9.17, 15) is 9.18 Å². The summed E-state index contributed by atoms with van der Waals surface area (Å²) in [5, 5.41) is 0. The van der Waals surface area contributed by atoms with Gasteiger partial charge in [-0.15, -0.1) is 11.8 Å². The Morgan fingerprint density at radius 3 is 2.56 bits per heavy atom. The molecule has 1 aromatic carbocycles. The lowest BCUT2D eigenvalue weighted by molar-refractivity contribution is -0.145. The number of carbonyl (C=O) groups excluding carboxylic acids is 1. The molecular formula is C11H14FNO2S. The number of hydrogen-bond donors (Lipinski definition) is 1. The summed E-state index contributed by atoms with van der Waals surface area (Å²) in [5.74, 6) is -0.361. The van der Waals surface area contributed by atoms with Gasteiger partial charge >= 0.3 is 5.97 Å². The first-order chi connectivity index (χ1) is 7.45. The molecule has 3 nitrogen and oxygen atoms in total. The standard InChI is InChI=1S/C11H14FNO2S/c1-11(13,10(14)15-2)7-16-9-5-3-8(12)4-6-9/h3-6H,7,13H2,1-2H3. The quantitative estimate of drug-likeness (QED) is 0.647. The van der Waals surface area contributed by atoms with Crippen LogP contribution in [0.5, 0.6) is 0 Å². The molecule has 0 spiro atoms. The molecule has 5 heteroatoms. The number of nitrogens with two attached hydrogens (primary N) is 1. The van der Waals surface area contributed by atoms with Gasteiger partial charge in [-0.05, 0) is 31.2 Å². The highest BCUT2D eigenvalue weighted by atomic mass is 32.2. The van der Waals surface area contributed by atoms with Crippen LogP contribution in [-0.2, 0) is 9.53 Å². The Bertz CT molecular complexity index is 365. The number of methoxy groups -OCH3 is 1.